The Morgan fingerprint density at radius 3 is 2.06 bits per heavy atom. The first-order valence-electron chi connectivity index (χ1n) is 4.10. The summed E-state index contributed by atoms with van der Waals surface area (Å²) in [4.78, 5) is 22.4. The van der Waals surface area contributed by atoms with E-state index in [1.54, 1.807) is 12.1 Å². The van der Waals surface area contributed by atoms with Gasteiger partial charge in [-0.05, 0) is 22.3 Å². The third-order valence-corrected chi connectivity index (χ3v) is 2.80. The number of Topliss-reactive ketones (excluding diaryl/α,β-unsaturated/α-hetero) is 1. The fourth-order valence-corrected chi connectivity index (χ4v) is 1.99. The molecule has 0 spiro atoms. The molecule has 0 radical (unpaired) electrons. The van der Waals surface area contributed by atoms with Gasteiger partial charge in [-0.1, -0.05) is 29.2 Å². The Hall–Kier alpha value is -0.750. The van der Waals surface area contributed by atoms with Crippen LogP contribution in [0.4, 0.5) is 0 Å². The first-order chi connectivity index (χ1) is 7.11. The summed E-state index contributed by atoms with van der Waals surface area (Å²) in [5, 5.41) is 0. The predicted octanol–water partition coefficient (Wildman–Crippen LogP) is -1.89. The molecule has 0 aliphatic heterocycles. The van der Waals surface area contributed by atoms with Crippen molar-refractivity contribution >= 4 is 27.2 Å². The molecule has 16 heavy (non-hydrogen) atoms. The molecule has 1 aliphatic carbocycles. The van der Waals surface area contributed by atoms with Gasteiger partial charge in [-0.15, -0.1) is 0 Å². The summed E-state index contributed by atoms with van der Waals surface area (Å²) in [6.07, 6.45) is 0.855. The minimum Gasteiger partial charge on any atom is -0.420 e. The predicted molar refractivity (Wildman–Crippen MR) is 52.5 cm³/mol. The Labute approximate surface area is 116 Å². The van der Waals surface area contributed by atoms with Gasteiger partial charge in [-0.25, -0.2) is 0 Å². The van der Waals surface area contributed by atoms with E-state index in [1.807, 2.05) is 0 Å². The standard InChI is InChI=1S/C10H5O4S.Na/c11-8-5-9(15(13)14)6-3-1-2-4-7(6)10(8)12;/h1-5H;/q-1;+1. The molecule has 4 nitrogen and oxygen atoms in total. The van der Waals surface area contributed by atoms with Gasteiger partial charge >= 0.3 is 29.6 Å². The van der Waals surface area contributed by atoms with Crippen molar-refractivity contribution in [1.82, 2.24) is 0 Å². The summed E-state index contributed by atoms with van der Waals surface area (Å²) >= 11 is 0. The molecule has 0 saturated carbocycles. The van der Waals surface area contributed by atoms with Gasteiger partial charge in [0.25, 0.3) is 0 Å². The molecular weight excluding hydrogens is 239 g/mol. The molecule has 0 atom stereocenters. The summed E-state index contributed by atoms with van der Waals surface area (Å²) in [5.74, 6) is -1.47. The van der Waals surface area contributed by atoms with Crippen LogP contribution in [-0.4, -0.2) is 11.6 Å². The number of allylic oxidation sites excluding steroid dienone is 1. The van der Waals surface area contributed by atoms with Gasteiger partial charge in [-0.3, -0.25) is 9.59 Å². The van der Waals surface area contributed by atoms with Crippen molar-refractivity contribution in [3.05, 3.63) is 41.5 Å². The second-order valence-electron chi connectivity index (χ2n) is 2.98. The third-order valence-electron chi connectivity index (χ3n) is 2.10. The maximum Gasteiger partial charge on any atom is 1.00 e. The zero-order valence-electron chi connectivity index (χ0n) is 8.43. The van der Waals surface area contributed by atoms with Gasteiger partial charge in [0.1, 0.15) is 0 Å². The van der Waals surface area contributed by atoms with E-state index in [9.17, 15) is 18.0 Å². The van der Waals surface area contributed by atoms with Gasteiger partial charge in [0.2, 0.25) is 11.6 Å². The molecule has 0 aromatic heterocycles. The molecule has 0 saturated heterocycles. The summed E-state index contributed by atoms with van der Waals surface area (Å²) in [7, 11) is -2.51. The average Bonchev–Trinajstić information content (AvgIpc) is 2.23. The maximum absolute atomic E-state index is 11.4. The molecule has 1 aromatic carbocycles. The number of hydrogen-bond donors (Lipinski definition) is 0. The Morgan fingerprint density at radius 1 is 0.938 bits per heavy atom. The van der Waals surface area contributed by atoms with E-state index in [-0.39, 0.29) is 45.6 Å². The topological polar surface area (TPSA) is 68.3 Å². The second-order valence-corrected chi connectivity index (χ2v) is 3.89. The summed E-state index contributed by atoms with van der Waals surface area (Å²) < 4.78 is 21.7. The van der Waals surface area contributed by atoms with E-state index in [1.165, 1.54) is 12.1 Å². The van der Waals surface area contributed by atoms with E-state index in [0.717, 1.165) is 6.08 Å². The Morgan fingerprint density at radius 2 is 1.50 bits per heavy atom. The zero-order chi connectivity index (χ0) is 11.0. The van der Waals surface area contributed by atoms with Crippen LogP contribution in [-0.2, 0) is 23.9 Å². The van der Waals surface area contributed by atoms with Crippen LogP contribution >= 0.6 is 0 Å². The van der Waals surface area contributed by atoms with Gasteiger partial charge in [0.15, 0.2) is 0 Å². The number of rotatable bonds is 1. The van der Waals surface area contributed by atoms with Crippen molar-refractivity contribution in [2.45, 2.75) is 0 Å². The molecule has 1 aliphatic rings. The van der Waals surface area contributed by atoms with Crippen molar-refractivity contribution in [3.63, 3.8) is 0 Å². The van der Waals surface area contributed by atoms with Crippen molar-refractivity contribution in [2.24, 2.45) is 0 Å². The largest absolute Gasteiger partial charge is 1.00 e. The summed E-state index contributed by atoms with van der Waals surface area (Å²) in [6, 6.07) is 6.14. The van der Waals surface area contributed by atoms with Gasteiger partial charge in [0.05, 0.1) is 0 Å². The molecule has 0 unspecified atom stereocenters. The van der Waals surface area contributed by atoms with Crippen LogP contribution in [0, 0.1) is 0 Å². The SMILES string of the molecule is O=C1C=C([S-](=O)=O)c2ccccc2C1=O.[Na+]. The van der Waals surface area contributed by atoms with Crippen LogP contribution in [0.3, 0.4) is 0 Å². The fourth-order valence-electron chi connectivity index (χ4n) is 1.43. The van der Waals surface area contributed by atoms with Gasteiger partial charge < -0.3 is 8.42 Å². The number of benzene rings is 1. The van der Waals surface area contributed by atoms with Crippen LogP contribution in [0.5, 0.6) is 0 Å². The second kappa shape index (κ2) is 5.05. The van der Waals surface area contributed by atoms with Crippen LogP contribution in [0.15, 0.2) is 30.3 Å². The fraction of sp³-hybridized carbons (Fsp3) is 0. The number of ketones is 2. The maximum atomic E-state index is 11.4. The molecule has 2 rings (SSSR count). The minimum atomic E-state index is -2.51. The first kappa shape index (κ1) is 13.3. The Bertz CT molecular complexity index is 564. The number of carbonyl (C=O) groups excluding carboxylic acids is 2. The first-order valence-corrected chi connectivity index (χ1v) is 5.18. The normalized spacial score (nSPS) is 14.2. The molecule has 0 amide bonds. The molecule has 0 bridgehead atoms. The van der Waals surface area contributed by atoms with Crippen LogP contribution in [0.25, 0.3) is 4.91 Å². The van der Waals surface area contributed by atoms with Crippen molar-refractivity contribution in [3.8, 4) is 0 Å². The summed E-state index contributed by atoms with van der Waals surface area (Å²) in [5.41, 5.74) is 0.430. The van der Waals surface area contributed by atoms with Gasteiger partial charge in [-0.2, -0.15) is 0 Å². The van der Waals surface area contributed by atoms with Crippen molar-refractivity contribution in [2.75, 3.05) is 0 Å². The Kier molecular flexibility index (Phi) is 4.21. The molecule has 6 heteroatoms. The number of hydrogen-bond acceptors (Lipinski definition) is 5. The molecule has 1 aromatic rings. The molecule has 0 heterocycles. The quantitative estimate of drug-likeness (QED) is 0.329. The van der Waals surface area contributed by atoms with E-state index >= 15 is 0 Å². The third kappa shape index (κ3) is 2.17. The van der Waals surface area contributed by atoms with E-state index in [2.05, 4.69) is 0 Å². The van der Waals surface area contributed by atoms with Crippen LogP contribution in [0.2, 0.25) is 0 Å². The van der Waals surface area contributed by atoms with Crippen molar-refractivity contribution < 1.29 is 47.6 Å². The minimum absolute atomic E-state index is 0. The average molecular weight is 244 g/mol. The summed E-state index contributed by atoms with van der Waals surface area (Å²) in [6.45, 7) is 0. The monoisotopic (exact) mass is 244 g/mol. The van der Waals surface area contributed by atoms with Crippen LogP contribution in [0.1, 0.15) is 15.9 Å². The zero-order valence-corrected chi connectivity index (χ0v) is 11.2. The van der Waals surface area contributed by atoms with Gasteiger partial charge in [0, 0.05) is 5.56 Å². The molecule has 0 N–H and O–H groups in total. The van der Waals surface area contributed by atoms with E-state index < -0.39 is 22.3 Å². The molecule has 76 valence electrons. The number of carbonyl (C=O) groups is 2. The van der Waals surface area contributed by atoms with E-state index in [0.29, 0.717) is 0 Å². The molecular formula is C10H5NaO4S. The van der Waals surface area contributed by atoms with Crippen LogP contribution < -0.4 is 29.6 Å². The van der Waals surface area contributed by atoms with E-state index in [4.69, 9.17) is 0 Å². The Balaban J connectivity index is 0.00000128. The smallest absolute Gasteiger partial charge is 0.420 e. The number of fused-ring (bicyclic) bond motifs is 1. The van der Waals surface area contributed by atoms with Crippen molar-refractivity contribution in [1.29, 1.82) is 0 Å². The molecule has 0 fully saturated rings.